The van der Waals surface area contributed by atoms with Gasteiger partial charge in [0.25, 0.3) is 11.8 Å². The van der Waals surface area contributed by atoms with Crippen molar-refractivity contribution in [3.8, 4) is 11.6 Å². The Bertz CT molecular complexity index is 957. The highest BCUT2D eigenvalue weighted by atomic mass is 16.5. The van der Waals surface area contributed by atoms with Gasteiger partial charge in [0.15, 0.2) is 6.10 Å². The number of carbonyl (C=O) groups is 2. The molecule has 138 valence electrons. The van der Waals surface area contributed by atoms with E-state index in [2.05, 4.69) is 15.8 Å². The summed E-state index contributed by atoms with van der Waals surface area (Å²) < 4.78 is 10.6. The molecule has 0 unspecified atom stereocenters. The number of hydrazine groups is 1. The summed E-state index contributed by atoms with van der Waals surface area (Å²) in [6.45, 7) is 1.60. The number of pyridine rings is 1. The van der Waals surface area contributed by atoms with E-state index in [0.717, 1.165) is 10.8 Å². The lowest BCUT2D eigenvalue weighted by molar-refractivity contribution is -0.128. The van der Waals surface area contributed by atoms with E-state index < -0.39 is 17.9 Å². The van der Waals surface area contributed by atoms with Crippen LogP contribution < -0.4 is 20.3 Å². The fraction of sp³-hybridized carbons (Fsp3) is 0.150. The van der Waals surface area contributed by atoms with E-state index in [0.29, 0.717) is 17.2 Å². The van der Waals surface area contributed by atoms with E-state index >= 15 is 0 Å². The molecule has 2 aromatic carbocycles. The number of amides is 2. The number of benzene rings is 2. The van der Waals surface area contributed by atoms with Crippen molar-refractivity contribution in [1.82, 2.24) is 15.8 Å². The second-order valence-corrected chi connectivity index (χ2v) is 5.80. The third kappa shape index (κ3) is 4.52. The SMILES string of the molecule is COc1ccc(C(=O)NNC(=O)[C@H](C)Oc2ccc3ccccc3c2)cn1. The van der Waals surface area contributed by atoms with Gasteiger partial charge in [0.2, 0.25) is 5.88 Å². The number of carbonyl (C=O) groups excluding carboxylic acids is 2. The number of methoxy groups -OCH3 is 1. The van der Waals surface area contributed by atoms with Gasteiger partial charge in [-0.15, -0.1) is 0 Å². The van der Waals surface area contributed by atoms with E-state index in [-0.39, 0.29) is 0 Å². The molecule has 0 spiro atoms. The third-order valence-electron chi connectivity index (χ3n) is 3.91. The number of rotatable bonds is 5. The molecule has 0 aliphatic carbocycles. The minimum atomic E-state index is -0.791. The predicted octanol–water partition coefficient (Wildman–Crippen LogP) is 2.47. The number of aromatic nitrogens is 1. The van der Waals surface area contributed by atoms with Crippen molar-refractivity contribution in [2.75, 3.05) is 7.11 Å². The van der Waals surface area contributed by atoms with Crippen molar-refractivity contribution < 1.29 is 19.1 Å². The second-order valence-electron chi connectivity index (χ2n) is 5.80. The van der Waals surface area contributed by atoms with E-state index in [1.807, 2.05) is 36.4 Å². The van der Waals surface area contributed by atoms with Crippen molar-refractivity contribution in [1.29, 1.82) is 0 Å². The molecule has 0 bridgehead atoms. The Hall–Kier alpha value is -3.61. The topological polar surface area (TPSA) is 89.6 Å². The van der Waals surface area contributed by atoms with Crippen LogP contribution in [0, 0.1) is 0 Å². The van der Waals surface area contributed by atoms with Gasteiger partial charge in [0.1, 0.15) is 5.75 Å². The molecule has 27 heavy (non-hydrogen) atoms. The van der Waals surface area contributed by atoms with Gasteiger partial charge >= 0.3 is 0 Å². The van der Waals surface area contributed by atoms with Crippen molar-refractivity contribution in [2.45, 2.75) is 13.0 Å². The average Bonchev–Trinajstić information content (AvgIpc) is 2.71. The maximum absolute atomic E-state index is 12.2. The first kappa shape index (κ1) is 18.2. The van der Waals surface area contributed by atoms with E-state index in [1.165, 1.54) is 13.3 Å². The zero-order valence-corrected chi connectivity index (χ0v) is 14.9. The maximum Gasteiger partial charge on any atom is 0.279 e. The fourth-order valence-corrected chi connectivity index (χ4v) is 2.43. The first-order valence-electron chi connectivity index (χ1n) is 8.32. The predicted molar refractivity (Wildman–Crippen MR) is 100 cm³/mol. The van der Waals surface area contributed by atoms with Gasteiger partial charge < -0.3 is 9.47 Å². The molecular formula is C20H19N3O4. The molecule has 1 atom stereocenters. The van der Waals surface area contributed by atoms with Crippen LogP contribution >= 0.6 is 0 Å². The summed E-state index contributed by atoms with van der Waals surface area (Å²) in [5, 5.41) is 2.10. The number of nitrogens with one attached hydrogen (secondary N) is 2. The maximum atomic E-state index is 12.2. The van der Waals surface area contributed by atoms with Gasteiger partial charge in [0.05, 0.1) is 12.7 Å². The molecule has 1 aromatic heterocycles. The second kappa shape index (κ2) is 8.18. The van der Waals surface area contributed by atoms with Gasteiger partial charge in [-0.05, 0) is 35.9 Å². The quantitative estimate of drug-likeness (QED) is 0.678. The molecule has 0 radical (unpaired) electrons. The van der Waals surface area contributed by atoms with Crippen molar-refractivity contribution in [3.05, 3.63) is 66.4 Å². The Labute approximate surface area is 156 Å². The number of nitrogens with zero attached hydrogens (tertiary/aromatic N) is 1. The molecule has 1 heterocycles. The fourth-order valence-electron chi connectivity index (χ4n) is 2.43. The van der Waals surface area contributed by atoms with Crippen LogP contribution in [0.2, 0.25) is 0 Å². The van der Waals surface area contributed by atoms with Crippen LogP contribution in [0.15, 0.2) is 60.8 Å². The van der Waals surface area contributed by atoms with Gasteiger partial charge in [-0.3, -0.25) is 20.4 Å². The standard InChI is InChI=1S/C20H19N3O4/c1-13(27-17-9-7-14-5-3-4-6-15(14)11-17)19(24)22-23-20(25)16-8-10-18(26-2)21-12-16/h3-13H,1-2H3,(H,22,24)(H,23,25)/t13-/m0/s1. The van der Waals surface area contributed by atoms with Gasteiger partial charge in [-0.1, -0.05) is 30.3 Å². The molecule has 2 N–H and O–H groups in total. The van der Waals surface area contributed by atoms with E-state index in [1.54, 1.807) is 25.1 Å². The summed E-state index contributed by atoms with van der Waals surface area (Å²) >= 11 is 0. The van der Waals surface area contributed by atoms with Crippen LogP contribution in [0.3, 0.4) is 0 Å². The third-order valence-corrected chi connectivity index (χ3v) is 3.91. The highest BCUT2D eigenvalue weighted by molar-refractivity contribution is 5.95. The molecule has 0 fully saturated rings. The molecule has 7 nitrogen and oxygen atoms in total. The monoisotopic (exact) mass is 365 g/mol. The van der Waals surface area contributed by atoms with Crippen molar-refractivity contribution in [2.24, 2.45) is 0 Å². The Morgan fingerprint density at radius 3 is 2.48 bits per heavy atom. The summed E-state index contributed by atoms with van der Waals surface area (Å²) in [5.74, 6) is 0.00408. The minimum absolute atomic E-state index is 0.291. The first-order chi connectivity index (χ1) is 13.1. The van der Waals surface area contributed by atoms with Crippen LogP contribution in [0.5, 0.6) is 11.6 Å². The average molecular weight is 365 g/mol. The molecule has 0 saturated carbocycles. The normalized spacial score (nSPS) is 11.5. The Balaban J connectivity index is 1.55. The zero-order valence-electron chi connectivity index (χ0n) is 14.9. The van der Waals surface area contributed by atoms with Crippen molar-refractivity contribution >= 4 is 22.6 Å². The van der Waals surface area contributed by atoms with Crippen molar-refractivity contribution in [3.63, 3.8) is 0 Å². The lowest BCUT2D eigenvalue weighted by Crippen LogP contribution is -2.47. The highest BCUT2D eigenvalue weighted by Crippen LogP contribution is 2.21. The molecule has 7 heteroatoms. The number of ether oxygens (including phenoxy) is 2. The highest BCUT2D eigenvalue weighted by Gasteiger charge is 2.16. The minimum Gasteiger partial charge on any atom is -0.481 e. The number of fused-ring (bicyclic) bond motifs is 1. The van der Waals surface area contributed by atoms with Crippen LogP contribution in [-0.4, -0.2) is 30.0 Å². The summed E-state index contributed by atoms with van der Waals surface area (Å²) in [5.41, 5.74) is 4.97. The van der Waals surface area contributed by atoms with Crippen LogP contribution in [0.25, 0.3) is 10.8 Å². The largest absolute Gasteiger partial charge is 0.481 e. The molecule has 0 saturated heterocycles. The molecule has 2 amide bonds. The Morgan fingerprint density at radius 1 is 1.00 bits per heavy atom. The van der Waals surface area contributed by atoms with E-state index in [4.69, 9.17) is 9.47 Å². The van der Waals surface area contributed by atoms with Crippen LogP contribution in [0.1, 0.15) is 17.3 Å². The lowest BCUT2D eigenvalue weighted by atomic mass is 10.1. The molecule has 3 aromatic rings. The molecule has 0 aliphatic rings. The molecule has 3 rings (SSSR count). The Morgan fingerprint density at radius 2 is 1.78 bits per heavy atom. The molecular weight excluding hydrogens is 346 g/mol. The Kier molecular flexibility index (Phi) is 5.51. The van der Waals surface area contributed by atoms with Gasteiger partial charge in [-0.2, -0.15) is 0 Å². The molecule has 0 aliphatic heterocycles. The zero-order chi connectivity index (χ0) is 19.2. The van der Waals surface area contributed by atoms with Gasteiger partial charge in [0, 0.05) is 12.3 Å². The van der Waals surface area contributed by atoms with Crippen LogP contribution in [-0.2, 0) is 4.79 Å². The smallest absolute Gasteiger partial charge is 0.279 e. The number of hydrogen-bond donors (Lipinski definition) is 2. The summed E-state index contributed by atoms with van der Waals surface area (Å²) in [6, 6.07) is 16.5. The number of hydrogen-bond acceptors (Lipinski definition) is 5. The van der Waals surface area contributed by atoms with Crippen LogP contribution in [0.4, 0.5) is 0 Å². The first-order valence-corrected chi connectivity index (χ1v) is 8.32. The van der Waals surface area contributed by atoms with Gasteiger partial charge in [-0.25, -0.2) is 4.98 Å². The summed E-state index contributed by atoms with van der Waals surface area (Å²) in [4.78, 5) is 28.1. The van der Waals surface area contributed by atoms with E-state index in [9.17, 15) is 9.59 Å². The summed E-state index contributed by atoms with van der Waals surface area (Å²) in [6.07, 6.45) is 0.565. The lowest BCUT2D eigenvalue weighted by Gasteiger charge is -2.15. The summed E-state index contributed by atoms with van der Waals surface area (Å²) in [7, 11) is 1.49.